The number of nitrogen functional groups attached to an aromatic ring is 1. The molecule has 2 aromatic rings. The highest BCUT2D eigenvalue weighted by Crippen LogP contribution is 2.29. The summed E-state index contributed by atoms with van der Waals surface area (Å²) >= 11 is 1.59. The van der Waals surface area contributed by atoms with E-state index in [2.05, 4.69) is 22.0 Å². The van der Waals surface area contributed by atoms with Crippen LogP contribution in [0.2, 0.25) is 0 Å². The molecule has 0 unspecified atom stereocenters. The smallest absolute Gasteiger partial charge is 0.337 e. The number of nitrogens with zero attached hydrogens (tertiary/aromatic N) is 1. The van der Waals surface area contributed by atoms with Crippen LogP contribution < -0.4 is 11.1 Å². The Bertz CT molecular complexity index is 637. The van der Waals surface area contributed by atoms with Gasteiger partial charge in [0.2, 0.25) is 0 Å². The number of aryl methyl sites for hydroxylation is 2. The van der Waals surface area contributed by atoms with E-state index in [-0.39, 0.29) is 0 Å². The molecule has 1 aromatic carbocycles. The van der Waals surface area contributed by atoms with Crippen LogP contribution in [-0.2, 0) is 11.2 Å². The lowest BCUT2D eigenvalue weighted by Gasteiger charge is -2.08. The van der Waals surface area contributed by atoms with Crippen molar-refractivity contribution in [1.82, 2.24) is 4.98 Å². The van der Waals surface area contributed by atoms with Gasteiger partial charge in [0.1, 0.15) is 0 Å². The van der Waals surface area contributed by atoms with Crippen molar-refractivity contribution in [1.29, 1.82) is 0 Å². The number of anilines is 3. The summed E-state index contributed by atoms with van der Waals surface area (Å²) in [5.74, 6) is -0.401. The molecular weight excluding hydrogens is 274 g/mol. The highest BCUT2D eigenvalue weighted by molar-refractivity contribution is 7.15. The van der Waals surface area contributed by atoms with Crippen LogP contribution in [-0.4, -0.2) is 18.1 Å². The Morgan fingerprint density at radius 1 is 1.50 bits per heavy atom. The lowest BCUT2D eigenvalue weighted by Crippen LogP contribution is -2.03. The van der Waals surface area contributed by atoms with Gasteiger partial charge in [-0.15, -0.1) is 11.3 Å². The van der Waals surface area contributed by atoms with Gasteiger partial charge in [0.05, 0.1) is 29.7 Å². The summed E-state index contributed by atoms with van der Waals surface area (Å²) < 4.78 is 4.66. The van der Waals surface area contributed by atoms with Crippen LogP contribution in [0, 0.1) is 6.92 Å². The Balaban J connectivity index is 2.23. The lowest BCUT2D eigenvalue weighted by molar-refractivity contribution is 0.0601. The molecule has 0 aliphatic carbocycles. The van der Waals surface area contributed by atoms with Crippen molar-refractivity contribution in [3.63, 3.8) is 0 Å². The molecule has 3 N–H and O–H groups in total. The molecule has 5 nitrogen and oxygen atoms in total. The highest BCUT2D eigenvalue weighted by atomic mass is 32.1. The van der Waals surface area contributed by atoms with E-state index < -0.39 is 5.97 Å². The Kier molecular flexibility index (Phi) is 4.24. The second-order valence-electron chi connectivity index (χ2n) is 4.29. The number of esters is 1. The first-order chi connectivity index (χ1) is 9.55. The number of ether oxygens (including phenoxy) is 1. The monoisotopic (exact) mass is 291 g/mol. The predicted molar refractivity (Wildman–Crippen MR) is 81.7 cm³/mol. The number of aromatic nitrogens is 1. The number of thiazole rings is 1. The number of hydrogen-bond acceptors (Lipinski definition) is 6. The number of carbonyl (C=O) groups is 1. The van der Waals surface area contributed by atoms with Gasteiger partial charge in [-0.2, -0.15) is 0 Å². The third-order valence-electron chi connectivity index (χ3n) is 2.94. The molecule has 0 saturated carbocycles. The SMILES string of the molecule is CCc1nc(Nc2ccc(C(=O)OC)cc2N)sc1C. The van der Waals surface area contributed by atoms with Crippen molar-refractivity contribution in [3.8, 4) is 0 Å². The first kappa shape index (κ1) is 14.3. The quantitative estimate of drug-likeness (QED) is 0.668. The molecule has 6 heteroatoms. The van der Waals surface area contributed by atoms with E-state index in [9.17, 15) is 4.79 Å². The minimum absolute atomic E-state index is 0.401. The zero-order valence-corrected chi connectivity index (χ0v) is 12.5. The average molecular weight is 291 g/mol. The fourth-order valence-corrected chi connectivity index (χ4v) is 2.76. The predicted octanol–water partition coefficient (Wildman–Crippen LogP) is 3.13. The second-order valence-corrected chi connectivity index (χ2v) is 5.50. The maximum atomic E-state index is 11.4. The first-order valence-electron chi connectivity index (χ1n) is 6.26. The van der Waals surface area contributed by atoms with Crippen LogP contribution in [0.1, 0.15) is 27.9 Å². The number of nitrogens with one attached hydrogen (secondary N) is 1. The Morgan fingerprint density at radius 3 is 2.80 bits per heavy atom. The minimum atomic E-state index is -0.401. The second kappa shape index (κ2) is 5.92. The number of methoxy groups -OCH3 is 1. The van der Waals surface area contributed by atoms with E-state index in [0.717, 1.165) is 22.9 Å². The summed E-state index contributed by atoms with van der Waals surface area (Å²) in [5.41, 5.74) is 8.68. The standard InChI is InChI=1S/C14H17N3O2S/c1-4-11-8(2)20-14(16-11)17-12-6-5-9(7-10(12)15)13(18)19-3/h5-7H,4,15H2,1-3H3,(H,16,17). The summed E-state index contributed by atoms with van der Waals surface area (Å²) in [5, 5.41) is 3.98. The third kappa shape index (κ3) is 2.91. The van der Waals surface area contributed by atoms with E-state index in [1.165, 1.54) is 12.0 Å². The maximum absolute atomic E-state index is 11.4. The van der Waals surface area contributed by atoms with Crippen molar-refractivity contribution < 1.29 is 9.53 Å². The van der Waals surface area contributed by atoms with Crippen molar-refractivity contribution in [2.45, 2.75) is 20.3 Å². The average Bonchev–Trinajstić information content (AvgIpc) is 2.80. The summed E-state index contributed by atoms with van der Waals surface area (Å²) in [6, 6.07) is 5.02. The summed E-state index contributed by atoms with van der Waals surface area (Å²) in [6.07, 6.45) is 0.904. The minimum Gasteiger partial charge on any atom is -0.465 e. The topological polar surface area (TPSA) is 77.2 Å². The zero-order chi connectivity index (χ0) is 14.7. The van der Waals surface area contributed by atoms with Gasteiger partial charge >= 0.3 is 5.97 Å². The van der Waals surface area contributed by atoms with Crippen LogP contribution >= 0.6 is 11.3 Å². The van der Waals surface area contributed by atoms with Gasteiger partial charge in [-0.05, 0) is 31.5 Å². The fourth-order valence-electron chi connectivity index (χ4n) is 1.85. The Hall–Kier alpha value is -2.08. The van der Waals surface area contributed by atoms with E-state index in [1.54, 1.807) is 29.5 Å². The summed E-state index contributed by atoms with van der Waals surface area (Å²) in [6.45, 7) is 4.12. The number of nitrogens with two attached hydrogens (primary N) is 1. The number of carbonyl (C=O) groups excluding carboxylic acids is 1. The Labute approximate surface area is 121 Å². The zero-order valence-electron chi connectivity index (χ0n) is 11.7. The number of benzene rings is 1. The lowest BCUT2D eigenvalue weighted by atomic mass is 10.2. The molecule has 0 atom stereocenters. The van der Waals surface area contributed by atoms with Crippen molar-refractivity contribution >= 4 is 33.8 Å². The van der Waals surface area contributed by atoms with E-state index in [1.807, 2.05) is 6.92 Å². The molecule has 0 radical (unpaired) electrons. The largest absolute Gasteiger partial charge is 0.465 e. The van der Waals surface area contributed by atoms with E-state index >= 15 is 0 Å². The maximum Gasteiger partial charge on any atom is 0.337 e. The van der Waals surface area contributed by atoms with Crippen LogP contribution in [0.3, 0.4) is 0 Å². The van der Waals surface area contributed by atoms with Gasteiger partial charge in [-0.1, -0.05) is 6.92 Å². The van der Waals surface area contributed by atoms with Gasteiger partial charge in [0.25, 0.3) is 0 Å². The molecule has 0 fully saturated rings. The summed E-state index contributed by atoms with van der Waals surface area (Å²) in [7, 11) is 1.34. The van der Waals surface area contributed by atoms with E-state index in [4.69, 9.17) is 5.73 Å². The fraction of sp³-hybridized carbons (Fsp3) is 0.286. The van der Waals surface area contributed by atoms with Crippen LogP contribution in [0.25, 0.3) is 0 Å². The van der Waals surface area contributed by atoms with Gasteiger partial charge in [-0.25, -0.2) is 9.78 Å². The molecule has 1 aromatic heterocycles. The van der Waals surface area contributed by atoms with Crippen molar-refractivity contribution in [3.05, 3.63) is 34.3 Å². The molecule has 0 aliphatic rings. The molecule has 0 aliphatic heterocycles. The molecule has 0 amide bonds. The molecule has 0 saturated heterocycles. The van der Waals surface area contributed by atoms with Crippen molar-refractivity contribution in [2.75, 3.05) is 18.2 Å². The van der Waals surface area contributed by atoms with Gasteiger partial charge in [-0.3, -0.25) is 0 Å². The van der Waals surface area contributed by atoms with Gasteiger partial charge < -0.3 is 15.8 Å². The molecule has 1 heterocycles. The normalized spacial score (nSPS) is 10.3. The summed E-state index contributed by atoms with van der Waals surface area (Å²) in [4.78, 5) is 17.1. The van der Waals surface area contributed by atoms with Crippen LogP contribution in [0.4, 0.5) is 16.5 Å². The molecule has 106 valence electrons. The number of hydrogen-bond donors (Lipinski definition) is 2. The number of rotatable bonds is 4. The van der Waals surface area contributed by atoms with E-state index in [0.29, 0.717) is 11.3 Å². The first-order valence-corrected chi connectivity index (χ1v) is 7.08. The van der Waals surface area contributed by atoms with Crippen LogP contribution in [0.5, 0.6) is 0 Å². The van der Waals surface area contributed by atoms with Crippen molar-refractivity contribution in [2.24, 2.45) is 0 Å². The highest BCUT2D eigenvalue weighted by Gasteiger charge is 2.10. The van der Waals surface area contributed by atoms with Gasteiger partial charge in [0.15, 0.2) is 5.13 Å². The molecular formula is C14H17N3O2S. The Morgan fingerprint density at radius 2 is 2.25 bits per heavy atom. The van der Waals surface area contributed by atoms with Crippen LogP contribution in [0.15, 0.2) is 18.2 Å². The molecule has 20 heavy (non-hydrogen) atoms. The molecule has 0 spiro atoms. The molecule has 2 rings (SSSR count). The van der Waals surface area contributed by atoms with Gasteiger partial charge in [0, 0.05) is 4.88 Å². The molecule has 0 bridgehead atoms. The third-order valence-corrected chi connectivity index (χ3v) is 3.87.